The molecule has 6 heteroatoms. The SMILES string of the molecule is O=C(Nc1ccc(Cl)cc1)Nc1ccc(C23CCC(CO2)NC3)cc1. The molecule has 5 rings (SSSR count). The lowest BCUT2D eigenvalue weighted by Crippen LogP contribution is -2.57. The highest BCUT2D eigenvalue weighted by atomic mass is 35.5. The van der Waals surface area contributed by atoms with E-state index in [9.17, 15) is 4.79 Å². The number of benzene rings is 2. The van der Waals surface area contributed by atoms with Gasteiger partial charge in [-0.2, -0.15) is 0 Å². The van der Waals surface area contributed by atoms with Gasteiger partial charge in [-0.15, -0.1) is 0 Å². The third-order valence-electron chi connectivity index (χ3n) is 4.90. The number of hydrogen-bond acceptors (Lipinski definition) is 3. The lowest BCUT2D eigenvalue weighted by molar-refractivity contribution is -0.129. The molecule has 3 aliphatic rings. The summed E-state index contributed by atoms with van der Waals surface area (Å²) >= 11 is 5.84. The molecule has 25 heavy (non-hydrogen) atoms. The molecule has 3 N–H and O–H groups in total. The largest absolute Gasteiger partial charge is 0.367 e. The number of amides is 2. The number of piperidine rings is 1. The summed E-state index contributed by atoms with van der Waals surface area (Å²) < 4.78 is 6.09. The lowest BCUT2D eigenvalue weighted by atomic mass is 9.81. The molecule has 2 amide bonds. The molecule has 0 aromatic heterocycles. The Morgan fingerprint density at radius 3 is 2.24 bits per heavy atom. The summed E-state index contributed by atoms with van der Waals surface area (Å²) in [6.07, 6.45) is 2.18. The Morgan fingerprint density at radius 1 is 1.08 bits per heavy atom. The number of urea groups is 1. The second-order valence-electron chi connectivity index (χ2n) is 6.59. The smallest absolute Gasteiger partial charge is 0.323 e. The number of hydrogen-bond donors (Lipinski definition) is 3. The van der Waals surface area contributed by atoms with Gasteiger partial charge in [0.2, 0.25) is 0 Å². The van der Waals surface area contributed by atoms with E-state index >= 15 is 0 Å². The fourth-order valence-electron chi connectivity index (χ4n) is 3.45. The van der Waals surface area contributed by atoms with Crippen molar-refractivity contribution >= 4 is 29.0 Å². The van der Waals surface area contributed by atoms with Crippen molar-refractivity contribution in [3.05, 3.63) is 59.1 Å². The van der Waals surface area contributed by atoms with Crippen LogP contribution in [0.25, 0.3) is 0 Å². The lowest BCUT2D eigenvalue weighted by Gasteiger charge is -2.47. The Kier molecular flexibility index (Phi) is 4.37. The summed E-state index contributed by atoms with van der Waals surface area (Å²) in [7, 11) is 0. The highest BCUT2D eigenvalue weighted by Crippen LogP contribution is 2.38. The van der Waals surface area contributed by atoms with Crippen LogP contribution < -0.4 is 16.0 Å². The van der Waals surface area contributed by atoms with E-state index in [2.05, 4.69) is 16.0 Å². The molecule has 0 aliphatic carbocycles. The quantitative estimate of drug-likeness (QED) is 0.779. The van der Waals surface area contributed by atoms with E-state index in [1.54, 1.807) is 24.3 Å². The molecule has 2 bridgehead atoms. The molecule has 0 spiro atoms. The average molecular weight is 358 g/mol. The van der Waals surface area contributed by atoms with Crippen LogP contribution in [0.5, 0.6) is 0 Å². The van der Waals surface area contributed by atoms with Crippen LogP contribution in [0.3, 0.4) is 0 Å². The van der Waals surface area contributed by atoms with Crippen molar-refractivity contribution in [1.29, 1.82) is 0 Å². The number of rotatable bonds is 3. The fraction of sp³-hybridized carbons (Fsp3) is 0.316. The molecule has 3 fully saturated rings. The van der Waals surface area contributed by atoms with E-state index in [1.165, 1.54) is 0 Å². The maximum absolute atomic E-state index is 12.1. The minimum absolute atomic E-state index is 0.223. The van der Waals surface area contributed by atoms with E-state index < -0.39 is 0 Å². The van der Waals surface area contributed by atoms with Crippen LogP contribution in [0.15, 0.2) is 48.5 Å². The van der Waals surface area contributed by atoms with Crippen LogP contribution in [0.4, 0.5) is 16.2 Å². The molecule has 5 nitrogen and oxygen atoms in total. The molecule has 3 saturated heterocycles. The number of fused-ring (bicyclic) bond motifs is 3. The minimum atomic E-state index is -0.288. The summed E-state index contributed by atoms with van der Waals surface area (Å²) in [5, 5.41) is 9.77. The average Bonchev–Trinajstić information content (AvgIpc) is 2.66. The fourth-order valence-corrected chi connectivity index (χ4v) is 3.57. The molecule has 2 aromatic carbocycles. The first-order valence-electron chi connectivity index (χ1n) is 8.44. The van der Waals surface area contributed by atoms with Gasteiger partial charge in [0.05, 0.1) is 6.61 Å². The van der Waals surface area contributed by atoms with Crippen molar-refractivity contribution in [2.24, 2.45) is 0 Å². The van der Waals surface area contributed by atoms with Gasteiger partial charge in [-0.1, -0.05) is 23.7 Å². The van der Waals surface area contributed by atoms with Gasteiger partial charge in [-0.3, -0.25) is 0 Å². The van der Waals surface area contributed by atoms with E-state index in [4.69, 9.17) is 16.3 Å². The van der Waals surface area contributed by atoms with Crippen molar-refractivity contribution in [2.45, 2.75) is 24.5 Å². The van der Waals surface area contributed by atoms with Crippen LogP contribution >= 0.6 is 11.6 Å². The number of ether oxygens (including phenoxy) is 1. The van der Waals surface area contributed by atoms with Crippen LogP contribution in [0.1, 0.15) is 18.4 Å². The van der Waals surface area contributed by atoms with Crippen LogP contribution in [-0.4, -0.2) is 25.2 Å². The Bertz CT molecular complexity index is 739. The molecular weight excluding hydrogens is 338 g/mol. The van der Waals surface area contributed by atoms with Gasteiger partial charge >= 0.3 is 6.03 Å². The summed E-state index contributed by atoms with van der Waals surface area (Å²) in [6.45, 7) is 1.62. The Morgan fingerprint density at radius 2 is 1.72 bits per heavy atom. The van der Waals surface area contributed by atoms with Gasteiger partial charge in [-0.05, 0) is 54.8 Å². The highest BCUT2D eigenvalue weighted by molar-refractivity contribution is 6.30. The molecule has 0 saturated carbocycles. The monoisotopic (exact) mass is 357 g/mol. The second-order valence-corrected chi connectivity index (χ2v) is 7.02. The summed E-state index contributed by atoms with van der Waals surface area (Å²) in [5.41, 5.74) is 2.36. The normalized spacial score (nSPS) is 24.8. The van der Waals surface area contributed by atoms with Gasteiger partial charge in [0.15, 0.2) is 0 Å². The first-order chi connectivity index (χ1) is 12.1. The molecular formula is C19H20ClN3O2. The molecule has 2 unspecified atom stereocenters. The van der Waals surface area contributed by atoms with Crippen LogP contribution in [-0.2, 0) is 10.3 Å². The topological polar surface area (TPSA) is 62.4 Å². The van der Waals surface area contributed by atoms with Crippen LogP contribution in [0.2, 0.25) is 5.02 Å². The molecule has 3 heterocycles. The molecule has 3 aliphatic heterocycles. The summed E-state index contributed by atoms with van der Waals surface area (Å²) in [6, 6.07) is 15.1. The molecule has 0 radical (unpaired) electrons. The van der Waals surface area contributed by atoms with Gasteiger partial charge in [0.1, 0.15) is 5.60 Å². The molecule has 2 atom stereocenters. The number of nitrogens with one attached hydrogen (secondary N) is 3. The number of anilines is 2. The van der Waals surface area contributed by atoms with Crippen molar-refractivity contribution in [2.75, 3.05) is 23.8 Å². The number of carbonyl (C=O) groups is 1. The molecule has 2 aromatic rings. The summed E-state index contributed by atoms with van der Waals surface area (Å²) in [5.74, 6) is 0. The predicted molar refractivity (Wildman–Crippen MR) is 99.2 cm³/mol. The first kappa shape index (κ1) is 16.4. The maximum atomic E-state index is 12.1. The maximum Gasteiger partial charge on any atom is 0.323 e. The summed E-state index contributed by atoms with van der Waals surface area (Å²) in [4.78, 5) is 12.1. The van der Waals surface area contributed by atoms with E-state index in [0.717, 1.165) is 37.2 Å². The first-order valence-corrected chi connectivity index (χ1v) is 8.82. The number of halogens is 1. The standard InChI is InChI=1S/C19H20ClN3O2/c20-14-3-7-16(8-4-14)23-18(24)22-15-5-1-13(2-6-15)19-10-9-17(11-25-19)21-12-19/h1-8,17,21H,9-12H2,(H2,22,23,24). The van der Waals surface area contributed by atoms with E-state index in [0.29, 0.717) is 16.8 Å². The van der Waals surface area contributed by atoms with E-state index in [-0.39, 0.29) is 11.6 Å². The Balaban J connectivity index is 1.40. The zero-order valence-corrected chi connectivity index (χ0v) is 14.5. The van der Waals surface area contributed by atoms with Crippen molar-refractivity contribution < 1.29 is 9.53 Å². The predicted octanol–water partition coefficient (Wildman–Crippen LogP) is 3.96. The molecule has 130 valence electrons. The third kappa shape index (κ3) is 3.49. The van der Waals surface area contributed by atoms with Crippen LogP contribution in [0, 0.1) is 0 Å². The van der Waals surface area contributed by atoms with Gasteiger partial charge in [0, 0.05) is 29.0 Å². The van der Waals surface area contributed by atoms with Gasteiger partial charge in [-0.25, -0.2) is 4.79 Å². The van der Waals surface area contributed by atoms with Crippen molar-refractivity contribution in [3.8, 4) is 0 Å². The minimum Gasteiger partial charge on any atom is -0.367 e. The van der Waals surface area contributed by atoms with Crippen molar-refractivity contribution in [3.63, 3.8) is 0 Å². The van der Waals surface area contributed by atoms with Crippen molar-refractivity contribution in [1.82, 2.24) is 5.32 Å². The highest BCUT2D eigenvalue weighted by Gasteiger charge is 2.42. The third-order valence-corrected chi connectivity index (χ3v) is 5.16. The van der Waals surface area contributed by atoms with E-state index in [1.807, 2.05) is 24.3 Å². The second kappa shape index (κ2) is 6.67. The number of carbonyl (C=O) groups excluding carboxylic acids is 1. The van der Waals surface area contributed by atoms with Gasteiger partial charge in [0.25, 0.3) is 0 Å². The Labute approximate surface area is 151 Å². The Hall–Kier alpha value is -2.08. The zero-order chi connectivity index (χ0) is 17.3. The van der Waals surface area contributed by atoms with Gasteiger partial charge < -0.3 is 20.7 Å². The number of morpholine rings is 1. The zero-order valence-electron chi connectivity index (χ0n) is 13.7.